The summed E-state index contributed by atoms with van der Waals surface area (Å²) in [6.07, 6.45) is 5.93. The van der Waals surface area contributed by atoms with Crippen molar-refractivity contribution in [1.29, 1.82) is 0 Å². The topological polar surface area (TPSA) is 59.8 Å². The van der Waals surface area contributed by atoms with Crippen molar-refractivity contribution in [3.63, 3.8) is 0 Å². The Kier molecular flexibility index (Phi) is 5.92. The van der Waals surface area contributed by atoms with Crippen LogP contribution in [0.25, 0.3) is 0 Å². The molecule has 0 bridgehead atoms. The quantitative estimate of drug-likeness (QED) is 0.815. The Bertz CT molecular complexity index is 520. The Morgan fingerprint density at radius 1 is 1.43 bits per heavy atom. The largest absolute Gasteiger partial charge is 0.348 e. The lowest BCUT2D eigenvalue weighted by Gasteiger charge is -2.25. The minimum absolute atomic E-state index is 0.0656. The highest BCUT2D eigenvalue weighted by atomic mass is 32.1. The van der Waals surface area contributed by atoms with Crippen LogP contribution in [0.5, 0.6) is 0 Å². The van der Waals surface area contributed by atoms with Gasteiger partial charge < -0.3 is 5.32 Å². The molecule has 1 N–H and O–H groups in total. The minimum Gasteiger partial charge on any atom is -0.348 e. The van der Waals surface area contributed by atoms with E-state index in [0.717, 1.165) is 12.8 Å². The number of carbonyl (C=O) groups excluding carboxylic acids is 1. The number of thiophene rings is 1. The van der Waals surface area contributed by atoms with Crippen molar-refractivity contribution < 1.29 is 4.79 Å². The summed E-state index contributed by atoms with van der Waals surface area (Å²) in [6.45, 7) is 4.92. The summed E-state index contributed by atoms with van der Waals surface area (Å²) in [5, 5.41) is 12.9. The van der Waals surface area contributed by atoms with E-state index in [1.165, 1.54) is 4.88 Å². The van der Waals surface area contributed by atoms with Crippen LogP contribution in [0.4, 0.5) is 0 Å². The van der Waals surface area contributed by atoms with Gasteiger partial charge in [0.25, 0.3) is 0 Å². The number of aryl methyl sites for hydroxylation is 1. The smallest absolute Gasteiger partial charge is 0.222 e. The fraction of sp³-hybridized carbons (Fsp3) is 0.533. The van der Waals surface area contributed by atoms with Gasteiger partial charge in [-0.2, -0.15) is 0 Å². The summed E-state index contributed by atoms with van der Waals surface area (Å²) in [5.41, 5.74) is 0. The molecule has 0 aromatic carbocycles. The van der Waals surface area contributed by atoms with Gasteiger partial charge in [-0.05, 0) is 17.4 Å². The van der Waals surface area contributed by atoms with Gasteiger partial charge in [0.2, 0.25) is 5.91 Å². The van der Waals surface area contributed by atoms with Crippen molar-refractivity contribution in [2.75, 3.05) is 0 Å². The van der Waals surface area contributed by atoms with Gasteiger partial charge in [-0.3, -0.25) is 9.48 Å². The molecule has 6 heteroatoms. The van der Waals surface area contributed by atoms with Crippen molar-refractivity contribution in [2.24, 2.45) is 5.92 Å². The Morgan fingerprint density at radius 2 is 2.24 bits per heavy atom. The number of hydrogen-bond donors (Lipinski definition) is 1. The predicted octanol–water partition coefficient (Wildman–Crippen LogP) is 3.02. The average Bonchev–Trinajstić information content (AvgIpc) is 3.18. The van der Waals surface area contributed by atoms with E-state index >= 15 is 0 Å². The standard InChI is InChI=1S/C15H22N4OS/c1-3-12(4-2)15(13-6-5-11-21-13)17-14(20)7-9-19-10-8-16-18-19/h5-6,8,10-12,15H,3-4,7,9H2,1-2H3,(H,17,20). The summed E-state index contributed by atoms with van der Waals surface area (Å²) < 4.78 is 1.68. The van der Waals surface area contributed by atoms with Crippen LogP contribution in [0.2, 0.25) is 0 Å². The molecule has 0 spiro atoms. The number of amides is 1. The third kappa shape index (κ3) is 4.39. The van der Waals surface area contributed by atoms with Gasteiger partial charge in [-0.1, -0.05) is 38.0 Å². The molecule has 114 valence electrons. The molecule has 0 saturated heterocycles. The van der Waals surface area contributed by atoms with E-state index < -0.39 is 0 Å². The van der Waals surface area contributed by atoms with E-state index in [1.54, 1.807) is 28.4 Å². The van der Waals surface area contributed by atoms with E-state index in [9.17, 15) is 4.79 Å². The first-order valence-electron chi connectivity index (χ1n) is 7.41. The van der Waals surface area contributed by atoms with Crippen molar-refractivity contribution >= 4 is 17.2 Å². The molecule has 0 aliphatic heterocycles. The van der Waals surface area contributed by atoms with Gasteiger partial charge >= 0.3 is 0 Å². The van der Waals surface area contributed by atoms with Gasteiger partial charge in [-0.25, -0.2) is 0 Å². The van der Waals surface area contributed by atoms with Crippen molar-refractivity contribution in [3.05, 3.63) is 34.8 Å². The first kappa shape index (κ1) is 15.7. The molecule has 2 aromatic heterocycles. The van der Waals surface area contributed by atoms with Gasteiger partial charge in [0.15, 0.2) is 0 Å². The fourth-order valence-corrected chi connectivity index (χ4v) is 3.33. The van der Waals surface area contributed by atoms with Crippen LogP contribution >= 0.6 is 11.3 Å². The molecular weight excluding hydrogens is 284 g/mol. The molecule has 2 heterocycles. The number of rotatable bonds is 8. The molecule has 1 amide bonds. The number of nitrogens with one attached hydrogen (secondary N) is 1. The molecule has 0 aliphatic rings. The highest BCUT2D eigenvalue weighted by Crippen LogP contribution is 2.30. The zero-order valence-corrected chi connectivity index (χ0v) is 13.3. The maximum Gasteiger partial charge on any atom is 0.222 e. The summed E-state index contributed by atoms with van der Waals surface area (Å²) in [5.74, 6) is 0.537. The molecule has 1 unspecified atom stereocenters. The van der Waals surface area contributed by atoms with Crippen molar-refractivity contribution in [1.82, 2.24) is 20.3 Å². The van der Waals surface area contributed by atoms with E-state index in [4.69, 9.17) is 0 Å². The molecule has 21 heavy (non-hydrogen) atoms. The predicted molar refractivity (Wildman–Crippen MR) is 83.9 cm³/mol. The molecule has 0 fully saturated rings. The Labute approximate surface area is 129 Å². The number of aromatic nitrogens is 3. The van der Waals surface area contributed by atoms with Crippen LogP contribution in [0.3, 0.4) is 0 Å². The molecule has 2 rings (SSSR count). The fourth-order valence-electron chi connectivity index (χ4n) is 2.46. The first-order valence-corrected chi connectivity index (χ1v) is 8.29. The molecular formula is C15H22N4OS. The minimum atomic E-state index is 0.0656. The second-order valence-corrected chi connectivity index (χ2v) is 6.03. The Balaban J connectivity index is 1.96. The van der Waals surface area contributed by atoms with Gasteiger partial charge in [-0.15, -0.1) is 16.4 Å². The maximum absolute atomic E-state index is 12.2. The van der Waals surface area contributed by atoms with Crippen LogP contribution in [-0.4, -0.2) is 20.9 Å². The molecule has 0 aliphatic carbocycles. The van der Waals surface area contributed by atoms with Crippen LogP contribution in [-0.2, 0) is 11.3 Å². The molecule has 5 nitrogen and oxygen atoms in total. The van der Waals surface area contributed by atoms with Crippen molar-refractivity contribution in [2.45, 2.75) is 45.7 Å². The van der Waals surface area contributed by atoms with Crippen LogP contribution in [0.15, 0.2) is 29.9 Å². The lowest BCUT2D eigenvalue weighted by molar-refractivity contribution is -0.122. The van der Waals surface area contributed by atoms with Crippen LogP contribution < -0.4 is 5.32 Å². The summed E-state index contributed by atoms with van der Waals surface area (Å²) in [6, 6.07) is 4.26. The van der Waals surface area contributed by atoms with E-state index in [2.05, 4.69) is 40.9 Å². The van der Waals surface area contributed by atoms with E-state index in [0.29, 0.717) is 18.9 Å². The SMILES string of the molecule is CCC(CC)C(NC(=O)CCn1ccnn1)c1cccs1. The van der Waals surface area contributed by atoms with Gasteiger partial charge in [0.05, 0.1) is 18.8 Å². The highest BCUT2D eigenvalue weighted by Gasteiger charge is 2.23. The number of carbonyl (C=O) groups is 1. The average molecular weight is 306 g/mol. The Hall–Kier alpha value is -1.69. The van der Waals surface area contributed by atoms with Crippen molar-refractivity contribution in [3.8, 4) is 0 Å². The first-order chi connectivity index (χ1) is 10.2. The van der Waals surface area contributed by atoms with Gasteiger partial charge in [0, 0.05) is 17.5 Å². The second-order valence-electron chi connectivity index (χ2n) is 5.05. The third-order valence-electron chi connectivity index (χ3n) is 3.73. The van der Waals surface area contributed by atoms with E-state index in [1.807, 2.05) is 6.07 Å². The Morgan fingerprint density at radius 3 is 2.81 bits per heavy atom. The summed E-state index contributed by atoms with van der Waals surface area (Å²) in [7, 11) is 0. The van der Waals surface area contributed by atoms with Gasteiger partial charge in [0.1, 0.15) is 0 Å². The lowest BCUT2D eigenvalue weighted by Crippen LogP contribution is -2.33. The van der Waals surface area contributed by atoms with Crippen LogP contribution in [0.1, 0.15) is 44.0 Å². The summed E-state index contributed by atoms with van der Waals surface area (Å²) >= 11 is 1.71. The molecule has 0 saturated carbocycles. The summed E-state index contributed by atoms with van der Waals surface area (Å²) in [4.78, 5) is 13.4. The number of nitrogens with zero attached hydrogens (tertiary/aromatic N) is 3. The second kappa shape index (κ2) is 7.93. The third-order valence-corrected chi connectivity index (χ3v) is 4.68. The normalized spacial score (nSPS) is 12.5. The molecule has 0 radical (unpaired) electrons. The zero-order chi connectivity index (χ0) is 15.1. The lowest BCUT2D eigenvalue weighted by atomic mass is 9.93. The highest BCUT2D eigenvalue weighted by molar-refractivity contribution is 7.10. The molecule has 2 aromatic rings. The molecule has 1 atom stereocenters. The van der Waals surface area contributed by atoms with E-state index in [-0.39, 0.29) is 11.9 Å². The number of hydrogen-bond acceptors (Lipinski definition) is 4. The maximum atomic E-state index is 12.2. The monoisotopic (exact) mass is 306 g/mol. The van der Waals surface area contributed by atoms with Crippen LogP contribution in [0, 0.1) is 5.92 Å². The zero-order valence-electron chi connectivity index (χ0n) is 12.5.